The van der Waals surface area contributed by atoms with Crippen LogP contribution < -0.4 is 5.32 Å². The molecule has 112 valence electrons. The molecule has 0 aromatic heterocycles. The Balaban J connectivity index is 1.58. The van der Waals surface area contributed by atoms with Crippen LogP contribution in [-0.4, -0.2) is 46.3 Å². The Morgan fingerprint density at radius 2 is 1.95 bits per heavy atom. The summed E-state index contributed by atoms with van der Waals surface area (Å²) in [6.45, 7) is 0.857. The molecule has 3 fully saturated rings. The third-order valence-corrected chi connectivity index (χ3v) is 6.45. The molecule has 1 aliphatic heterocycles. The van der Waals surface area contributed by atoms with Gasteiger partial charge in [-0.25, -0.2) is 0 Å². The minimum atomic E-state index is -0.269. The van der Waals surface area contributed by atoms with Crippen molar-refractivity contribution >= 4 is 23.6 Å². The van der Waals surface area contributed by atoms with Gasteiger partial charge in [-0.05, 0) is 31.9 Å². The number of carbonyl (C=O) groups is 2. The molecule has 2 saturated carbocycles. The van der Waals surface area contributed by atoms with Crippen LogP contribution >= 0.6 is 11.8 Å². The van der Waals surface area contributed by atoms with Gasteiger partial charge in [0.15, 0.2) is 0 Å². The lowest BCUT2D eigenvalue weighted by Crippen LogP contribution is -2.46. The van der Waals surface area contributed by atoms with Crippen molar-refractivity contribution in [3.05, 3.63) is 0 Å². The average Bonchev–Trinajstić information content (AvgIpc) is 3.19. The van der Waals surface area contributed by atoms with Crippen molar-refractivity contribution in [3.8, 4) is 0 Å². The summed E-state index contributed by atoms with van der Waals surface area (Å²) >= 11 is 1.88. The first kappa shape index (κ1) is 14.4. The molecule has 1 saturated heterocycles. The van der Waals surface area contributed by atoms with Crippen molar-refractivity contribution < 1.29 is 9.59 Å². The van der Waals surface area contributed by atoms with Gasteiger partial charge in [0.25, 0.3) is 0 Å². The third-order valence-electron chi connectivity index (χ3n) is 5.03. The van der Waals surface area contributed by atoms with Gasteiger partial charge in [0.05, 0.1) is 12.5 Å². The van der Waals surface area contributed by atoms with Crippen LogP contribution in [0.25, 0.3) is 0 Å². The molecule has 1 atom stereocenters. The fraction of sp³-hybridized carbons (Fsp3) is 0.867. The number of amides is 2. The van der Waals surface area contributed by atoms with Crippen molar-refractivity contribution in [3.63, 3.8) is 0 Å². The van der Waals surface area contributed by atoms with Crippen molar-refractivity contribution in [2.75, 3.05) is 12.8 Å². The fourth-order valence-corrected chi connectivity index (χ4v) is 4.17. The molecule has 0 spiro atoms. The van der Waals surface area contributed by atoms with Gasteiger partial charge in [0.1, 0.15) is 0 Å². The van der Waals surface area contributed by atoms with Crippen molar-refractivity contribution in [2.24, 2.45) is 0 Å². The Morgan fingerprint density at radius 3 is 2.55 bits per heavy atom. The minimum absolute atomic E-state index is 0.0267. The number of hydrogen-bond donors (Lipinski definition) is 1. The quantitative estimate of drug-likeness (QED) is 0.788. The number of nitrogens with one attached hydrogen (secondary N) is 1. The Hall–Kier alpha value is -0.550. The molecular weight excluding hydrogens is 272 g/mol. The number of rotatable bonds is 5. The van der Waals surface area contributed by atoms with E-state index in [0.717, 1.165) is 32.2 Å². The number of imide groups is 1. The fourth-order valence-electron chi connectivity index (χ4n) is 3.44. The third kappa shape index (κ3) is 2.75. The summed E-state index contributed by atoms with van der Waals surface area (Å²) in [5, 5.41) is 3.35. The number of likely N-dealkylation sites (tertiary alicyclic amines) is 1. The minimum Gasteiger partial charge on any atom is -0.304 e. The van der Waals surface area contributed by atoms with Crippen molar-refractivity contribution in [2.45, 2.75) is 68.2 Å². The standard InChI is InChI=1S/C15H24N2O2S/c1-20-15(7-8-15)10-16-12-9-13(18)17(14(12)19)11-5-3-2-4-6-11/h11-12,16H,2-10H2,1H3. The van der Waals surface area contributed by atoms with Crippen molar-refractivity contribution in [1.29, 1.82) is 0 Å². The maximum atomic E-state index is 12.5. The highest BCUT2D eigenvalue weighted by Gasteiger charge is 2.46. The summed E-state index contributed by atoms with van der Waals surface area (Å²) in [6, 6.07) is -0.0972. The van der Waals surface area contributed by atoms with E-state index in [4.69, 9.17) is 0 Å². The molecule has 0 radical (unpaired) electrons. The van der Waals surface area contributed by atoms with Gasteiger partial charge in [0, 0.05) is 17.3 Å². The second-order valence-electron chi connectivity index (χ2n) is 6.42. The van der Waals surface area contributed by atoms with Gasteiger partial charge >= 0.3 is 0 Å². The SMILES string of the molecule is CSC1(CNC2CC(=O)N(C3CCCCC3)C2=O)CC1. The highest BCUT2D eigenvalue weighted by Crippen LogP contribution is 2.46. The van der Waals surface area contributed by atoms with E-state index in [1.54, 1.807) is 4.90 Å². The van der Waals surface area contributed by atoms with E-state index >= 15 is 0 Å². The molecule has 0 bridgehead atoms. The van der Waals surface area contributed by atoms with E-state index in [1.165, 1.54) is 19.3 Å². The van der Waals surface area contributed by atoms with E-state index in [0.29, 0.717) is 11.2 Å². The topological polar surface area (TPSA) is 49.4 Å². The highest BCUT2D eigenvalue weighted by molar-refractivity contribution is 8.00. The molecule has 0 aromatic carbocycles. The zero-order chi connectivity index (χ0) is 14.2. The summed E-state index contributed by atoms with van der Waals surface area (Å²) in [7, 11) is 0. The van der Waals surface area contributed by atoms with Gasteiger partial charge in [-0.1, -0.05) is 19.3 Å². The van der Waals surface area contributed by atoms with Gasteiger partial charge in [-0.3, -0.25) is 14.5 Å². The molecule has 4 nitrogen and oxygen atoms in total. The summed E-state index contributed by atoms with van der Waals surface area (Å²) in [5.41, 5.74) is 0. The molecule has 3 rings (SSSR count). The number of hydrogen-bond acceptors (Lipinski definition) is 4. The zero-order valence-corrected chi connectivity index (χ0v) is 13.0. The van der Waals surface area contributed by atoms with Crippen molar-refractivity contribution in [1.82, 2.24) is 10.2 Å². The summed E-state index contributed by atoms with van der Waals surface area (Å²) in [4.78, 5) is 26.2. The Bertz CT molecular complexity index is 403. The summed E-state index contributed by atoms with van der Waals surface area (Å²) < 4.78 is 0.335. The summed E-state index contributed by atoms with van der Waals surface area (Å²) in [5.74, 6) is 0.0622. The van der Waals surface area contributed by atoms with E-state index < -0.39 is 0 Å². The molecule has 3 aliphatic rings. The predicted octanol–water partition coefficient (Wildman–Crippen LogP) is 1.93. The second-order valence-corrected chi connectivity index (χ2v) is 7.69. The van der Waals surface area contributed by atoms with Crippen LogP contribution in [0, 0.1) is 0 Å². The van der Waals surface area contributed by atoms with E-state index in [1.807, 2.05) is 11.8 Å². The van der Waals surface area contributed by atoms with Crippen LogP contribution in [-0.2, 0) is 9.59 Å². The van der Waals surface area contributed by atoms with E-state index in [-0.39, 0.29) is 23.9 Å². The molecule has 1 heterocycles. The van der Waals surface area contributed by atoms with E-state index in [2.05, 4.69) is 11.6 Å². The molecule has 2 amide bonds. The highest BCUT2D eigenvalue weighted by atomic mass is 32.2. The predicted molar refractivity (Wildman–Crippen MR) is 80.6 cm³/mol. The Labute approximate surface area is 125 Å². The Kier molecular flexibility index (Phi) is 4.09. The molecular formula is C15H24N2O2S. The van der Waals surface area contributed by atoms with Crippen LogP contribution in [0.4, 0.5) is 0 Å². The maximum absolute atomic E-state index is 12.5. The average molecular weight is 296 g/mol. The molecule has 0 aromatic rings. The maximum Gasteiger partial charge on any atom is 0.247 e. The Morgan fingerprint density at radius 1 is 1.25 bits per heavy atom. The molecule has 5 heteroatoms. The summed E-state index contributed by atoms with van der Waals surface area (Å²) in [6.07, 6.45) is 10.5. The first-order chi connectivity index (χ1) is 9.65. The smallest absolute Gasteiger partial charge is 0.247 e. The van der Waals surface area contributed by atoms with Crippen LogP contribution in [0.2, 0.25) is 0 Å². The van der Waals surface area contributed by atoms with Crippen LogP contribution in [0.5, 0.6) is 0 Å². The van der Waals surface area contributed by atoms with Crippen LogP contribution in [0.15, 0.2) is 0 Å². The van der Waals surface area contributed by atoms with Gasteiger partial charge in [-0.15, -0.1) is 0 Å². The first-order valence-electron chi connectivity index (χ1n) is 7.80. The zero-order valence-electron chi connectivity index (χ0n) is 12.2. The lowest BCUT2D eigenvalue weighted by atomic mass is 9.94. The van der Waals surface area contributed by atoms with Crippen LogP contribution in [0.3, 0.4) is 0 Å². The molecule has 2 aliphatic carbocycles. The number of carbonyl (C=O) groups excluding carboxylic acids is 2. The number of thioether (sulfide) groups is 1. The van der Waals surface area contributed by atoms with Gasteiger partial charge in [0.2, 0.25) is 11.8 Å². The molecule has 20 heavy (non-hydrogen) atoms. The lowest BCUT2D eigenvalue weighted by molar-refractivity contribution is -0.142. The first-order valence-corrected chi connectivity index (χ1v) is 9.02. The number of nitrogens with zero attached hydrogens (tertiary/aromatic N) is 1. The largest absolute Gasteiger partial charge is 0.304 e. The van der Waals surface area contributed by atoms with Gasteiger partial charge < -0.3 is 5.32 Å². The molecule has 1 unspecified atom stereocenters. The molecule has 1 N–H and O–H groups in total. The van der Waals surface area contributed by atoms with Crippen LogP contribution in [0.1, 0.15) is 51.4 Å². The van der Waals surface area contributed by atoms with Gasteiger partial charge in [-0.2, -0.15) is 11.8 Å². The normalized spacial score (nSPS) is 30.1. The van der Waals surface area contributed by atoms with E-state index in [9.17, 15) is 9.59 Å². The monoisotopic (exact) mass is 296 g/mol. The second kappa shape index (κ2) is 5.68. The lowest BCUT2D eigenvalue weighted by Gasteiger charge is -2.29.